The summed E-state index contributed by atoms with van der Waals surface area (Å²) in [4.78, 5) is 5.97. The molecule has 0 unspecified atom stereocenters. The average molecular weight is 402 g/mol. The number of nitrogens with one attached hydrogen (secondary N) is 1. The standard InChI is InChI=1S/C21H24ClN3OS/c1-12(23)6-15-17(21-9-20(2,10-21)11-21)18-19(26-15)14(7-16(22)25-18)24-8-13-4-3-5-27-13/h3-5,7,12H,6,8-11,23H2,1-2H3,(H,24,25)/t12-,20?,21?/m0/s1. The lowest BCUT2D eigenvalue weighted by molar-refractivity contribution is -0.125. The van der Waals surface area contributed by atoms with E-state index < -0.39 is 0 Å². The number of furan rings is 1. The van der Waals surface area contributed by atoms with E-state index in [0.717, 1.165) is 35.5 Å². The molecular weight excluding hydrogens is 378 g/mol. The lowest BCUT2D eigenvalue weighted by Crippen LogP contribution is -2.63. The smallest absolute Gasteiger partial charge is 0.176 e. The summed E-state index contributed by atoms with van der Waals surface area (Å²) < 4.78 is 6.39. The van der Waals surface area contributed by atoms with Crippen molar-refractivity contribution in [2.75, 3.05) is 5.32 Å². The highest BCUT2D eigenvalue weighted by Crippen LogP contribution is 2.74. The van der Waals surface area contributed by atoms with Crippen molar-refractivity contribution in [3.05, 3.63) is 44.9 Å². The molecular formula is C21H24ClN3OS. The summed E-state index contributed by atoms with van der Waals surface area (Å²) >= 11 is 8.14. The Balaban J connectivity index is 1.59. The maximum absolute atomic E-state index is 6.41. The van der Waals surface area contributed by atoms with Gasteiger partial charge in [-0.05, 0) is 43.0 Å². The van der Waals surface area contributed by atoms with E-state index in [1.807, 2.05) is 13.0 Å². The Morgan fingerprint density at radius 3 is 2.81 bits per heavy atom. The van der Waals surface area contributed by atoms with Crippen LogP contribution in [-0.4, -0.2) is 11.0 Å². The SMILES string of the molecule is C[C@H](N)Cc1oc2c(NCc3cccs3)cc(Cl)nc2c1C12CC(C)(C1)C2. The van der Waals surface area contributed by atoms with Crippen molar-refractivity contribution in [2.24, 2.45) is 11.1 Å². The number of hydrogen-bond donors (Lipinski definition) is 2. The zero-order chi connectivity index (χ0) is 18.8. The van der Waals surface area contributed by atoms with Crippen LogP contribution in [0.1, 0.15) is 49.3 Å². The summed E-state index contributed by atoms with van der Waals surface area (Å²) in [7, 11) is 0. The van der Waals surface area contributed by atoms with Crippen LogP contribution in [0.2, 0.25) is 5.15 Å². The molecule has 3 fully saturated rings. The zero-order valence-electron chi connectivity index (χ0n) is 15.6. The van der Waals surface area contributed by atoms with Gasteiger partial charge in [-0.2, -0.15) is 0 Å². The first-order chi connectivity index (χ1) is 12.9. The molecule has 3 aromatic rings. The molecule has 3 aliphatic carbocycles. The zero-order valence-corrected chi connectivity index (χ0v) is 17.2. The van der Waals surface area contributed by atoms with E-state index in [1.54, 1.807) is 11.3 Å². The fraction of sp³-hybridized carbons (Fsp3) is 0.476. The Morgan fingerprint density at radius 2 is 2.19 bits per heavy atom. The van der Waals surface area contributed by atoms with Crippen molar-refractivity contribution >= 4 is 39.7 Å². The van der Waals surface area contributed by atoms with Gasteiger partial charge in [0.05, 0.1) is 5.69 Å². The van der Waals surface area contributed by atoms with Crippen molar-refractivity contribution in [2.45, 2.75) is 57.5 Å². The van der Waals surface area contributed by atoms with E-state index in [-0.39, 0.29) is 11.5 Å². The van der Waals surface area contributed by atoms with Gasteiger partial charge in [0.15, 0.2) is 5.58 Å². The second-order valence-electron chi connectivity index (χ2n) is 8.81. The first-order valence-electron chi connectivity index (χ1n) is 9.52. The molecule has 0 amide bonds. The van der Waals surface area contributed by atoms with Gasteiger partial charge in [0.25, 0.3) is 0 Å². The second kappa shape index (κ2) is 5.97. The molecule has 6 heteroatoms. The molecule has 1 atom stereocenters. The highest BCUT2D eigenvalue weighted by molar-refractivity contribution is 7.09. The predicted octanol–water partition coefficient (Wildman–Crippen LogP) is 5.49. The number of pyridine rings is 1. The number of nitrogens with zero attached hydrogens (tertiary/aromatic N) is 1. The summed E-state index contributed by atoms with van der Waals surface area (Å²) in [6.45, 7) is 5.14. The highest BCUT2D eigenvalue weighted by Gasteiger charge is 2.67. The molecule has 3 saturated carbocycles. The number of thiophene rings is 1. The van der Waals surface area contributed by atoms with Gasteiger partial charge in [-0.3, -0.25) is 0 Å². The Bertz CT molecular complexity index is 989. The Hall–Kier alpha value is -1.56. The molecule has 0 saturated heterocycles. The van der Waals surface area contributed by atoms with Gasteiger partial charge in [-0.15, -0.1) is 11.3 Å². The van der Waals surface area contributed by atoms with Crippen LogP contribution in [-0.2, 0) is 18.4 Å². The van der Waals surface area contributed by atoms with E-state index >= 15 is 0 Å². The monoisotopic (exact) mass is 401 g/mol. The lowest BCUT2D eigenvalue weighted by atomic mass is 9.34. The van der Waals surface area contributed by atoms with Gasteiger partial charge < -0.3 is 15.5 Å². The summed E-state index contributed by atoms with van der Waals surface area (Å²) in [6.07, 6.45) is 4.37. The molecule has 3 aromatic heterocycles. The van der Waals surface area contributed by atoms with Crippen LogP contribution in [0.15, 0.2) is 28.0 Å². The van der Waals surface area contributed by atoms with Crippen LogP contribution in [0.25, 0.3) is 11.1 Å². The minimum atomic E-state index is 0.0465. The van der Waals surface area contributed by atoms with Crippen molar-refractivity contribution < 1.29 is 4.42 Å². The molecule has 3 N–H and O–H groups in total. The molecule has 6 rings (SSSR count). The van der Waals surface area contributed by atoms with E-state index in [1.165, 1.54) is 29.7 Å². The number of rotatable bonds is 6. The van der Waals surface area contributed by atoms with Crippen LogP contribution >= 0.6 is 22.9 Å². The third kappa shape index (κ3) is 2.79. The van der Waals surface area contributed by atoms with E-state index in [2.05, 4.69) is 29.8 Å². The number of anilines is 1. The fourth-order valence-corrected chi connectivity index (χ4v) is 6.19. The third-order valence-electron chi connectivity index (χ3n) is 6.05. The fourth-order valence-electron chi connectivity index (χ4n) is 5.35. The number of nitrogens with two attached hydrogens (primary N) is 1. The van der Waals surface area contributed by atoms with Gasteiger partial charge >= 0.3 is 0 Å². The van der Waals surface area contributed by atoms with E-state index in [4.69, 9.17) is 26.7 Å². The summed E-state index contributed by atoms with van der Waals surface area (Å²) in [5, 5.41) is 6.08. The van der Waals surface area contributed by atoms with Gasteiger partial charge in [0.2, 0.25) is 0 Å². The van der Waals surface area contributed by atoms with Crippen LogP contribution in [0.5, 0.6) is 0 Å². The molecule has 3 heterocycles. The number of aromatic nitrogens is 1. The van der Waals surface area contributed by atoms with Gasteiger partial charge in [-0.25, -0.2) is 4.98 Å². The van der Waals surface area contributed by atoms with E-state index in [9.17, 15) is 0 Å². The summed E-state index contributed by atoms with van der Waals surface area (Å²) in [5.74, 6) is 0.996. The van der Waals surface area contributed by atoms with E-state index in [0.29, 0.717) is 10.6 Å². The van der Waals surface area contributed by atoms with Gasteiger partial charge in [-0.1, -0.05) is 24.6 Å². The Kier molecular flexibility index (Phi) is 3.87. The number of halogens is 1. The molecule has 4 nitrogen and oxygen atoms in total. The van der Waals surface area contributed by atoms with Crippen molar-refractivity contribution in [1.82, 2.24) is 4.98 Å². The first-order valence-corrected chi connectivity index (χ1v) is 10.8. The Morgan fingerprint density at radius 1 is 1.41 bits per heavy atom. The van der Waals surface area contributed by atoms with Crippen LogP contribution in [0, 0.1) is 5.41 Å². The maximum Gasteiger partial charge on any atom is 0.176 e. The molecule has 27 heavy (non-hydrogen) atoms. The lowest BCUT2D eigenvalue weighted by Gasteiger charge is -2.69. The summed E-state index contributed by atoms with van der Waals surface area (Å²) in [6, 6.07) is 6.09. The number of hydrogen-bond acceptors (Lipinski definition) is 5. The molecule has 0 radical (unpaired) electrons. The van der Waals surface area contributed by atoms with Crippen LogP contribution in [0.3, 0.4) is 0 Å². The van der Waals surface area contributed by atoms with Crippen molar-refractivity contribution in [1.29, 1.82) is 0 Å². The van der Waals surface area contributed by atoms with Gasteiger partial charge in [0, 0.05) is 40.9 Å². The molecule has 3 aliphatic rings. The molecule has 0 spiro atoms. The topological polar surface area (TPSA) is 64.1 Å². The summed E-state index contributed by atoms with van der Waals surface area (Å²) in [5.41, 5.74) is 10.8. The van der Waals surface area contributed by atoms with Crippen molar-refractivity contribution in [3.63, 3.8) is 0 Å². The number of fused-ring (bicyclic) bond motifs is 1. The van der Waals surface area contributed by atoms with Crippen LogP contribution in [0.4, 0.5) is 5.69 Å². The highest BCUT2D eigenvalue weighted by atomic mass is 35.5. The normalized spacial score (nSPS) is 27.3. The van der Waals surface area contributed by atoms with Gasteiger partial charge in [0.1, 0.15) is 16.4 Å². The Labute approximate surface area is 168 Å². The minimum absolute atomic E-state index is 0.0465. The molecule has 0 aromatic carbocycles. The average Bonchev–Trinajstić information content (AvgIpc) is 3.16. The maximum atomic E-state index is 6.41. The van der Waals surface area contributed by atoms with Crippen molar-refractivity contribution in [3.8, 4) is 0 Å². The first kappa shape index (κ1) is 17.5. The molecule has 2 bridgehead atoms. The molecule has 0 aliphatic heterocycles. The predicted molar refractivity (Wildman–Crippen MR) is 112 cm³/mol. The van der Waals surface area contributed by atoms with Crippen LogP contribution < -0.4 is 11.1 Å². The second-order valence-corrected chi connectivity index (χ2v) is 10.2. The molecule has 142 valence electrons. The quantitative estimate of drug-likeness (QED) is 0.536. The largest absolute Gasteiger partial charge is 0.457 e. The third-order valence-corrected chi connectivity index (χ3v) is 7.12. The minimum Gasteiger partial charge on any atom is -0.457 e.